The molecule has 0 saturated heterocycles. The Hall–Kier alpha value is -0.450. The van der Waals surface area contributed by atoms with E-state index in [0.717, 1.165) is 0 Å². The van der Waals surface area contributed by atoms with Gasteiger partial charge >= 0.3 is 0 Å². The Bertz CT molecular complexity index is 89.0. The van der Waals surface area contributed by atoms with Crippen molar-refractivity contribution in [2.24, 2.45) is 0 Å². The van der Waals surface area contributed by atoms with Gasteiger partial charge in [-0.25, -0.2) is 4.89 Å². The van der Waals surface area contributed by atoms with Crippen molar-refractivity contribution in [2.45, 2.75) is 19.4 Å². The monoisotopic (exact) mass is 134 g/mol. The van der Waals surface area contributed by atoms with Crippen molar-refractivity contribution < 1.29 is 20.0 Å². The highest BCUT2D eigenvalue weighted by Crippen LogP contribution is 1.89. The number of carbonyl (C=O) groups excluding carboxylic acids is 1. The zero-order valence-electron chi connectivity index (χ0n) is 5.20. The summed E-state index contributed by atoms with van der Waals surface area (Å²) in [6.45, 7) is 1.32. The fraction of sp³-hybridized carbons (Fsp3) is 0.800. The van der Waals surface area contributed by atoms with E-state index < -0.39 is 6.10 Å². The van der Waals surface area contributed by atoms with Gasteiger partial charge in [-0.05, 0) is 6.92 Å². The van der Waals surface area contributed by atoms with E-state index in [4.69, 9.17) is 10.4 Å². The van der Waals surface area contributed by atoms with E-state index in [0.29, 0.717) is 0 Å². The summed E-state index contributed by atoms with van der Waals surface area (Å²) in [4.78, 5) is 14.1. The van der Waals surface area contributed by atoms with E-state index in [-0.39, 0.29) is 18.8 Å². The number of hydrogen-bond acceptors (Lipinski definition) is 4. The zero-order valence-corrected chi connectivity index (χ0v) is 5.20. The molecule has 0 aromatic heterocycles. The molecule has 0 aliphatic heterocycles. The summed E-state index contributed by atoms with van der Waals surface area (Å²) >= 11 is 0. The van der Waals surface area contributed by atoms with Crippen LogP contribution in [-0.4, -0.2) is 28.9 Å². The van der Waals surface area contributed by atoms with E-state index in [1.165, 1.54) is 6.92 Å². The lowest BCUT2D eigenvalue weighted by Gasteiger charge is -1.99. The standard InChI is InChI=1S/C5H10O4/c1-4(6)5(7)2-3-9-8/h4,6,8H,2-3H2,1H3. The second-order valence-corrected chi connectivity index (χ2v) is 1.73. The smallest absolute Gasteiger partial charge is 0.163 e. The van der Waals surface area contributed by atoms with Gasteiger partial charge in [0, 0.05) is 6.42 Å². The first kappa shape index (κ1) is 8.55. The molecule has 1 atom stereocenters. The second kappa shape index (κ2) is 4.43. The molecule has 0 aromatic rings. The molecule has 4 nitrogen and oxygen atoms in total. The van der Waals surface area contributed by atoms with Gasteiger partial charge in [0.2, 0.25) is 0 Å². The molecule has 9 heavy (non-hydrogen) atoms. The van der Waals surface area contributed by atoms with Gasteiger partial charge in [-0.2, -0.15) is 0 Å². The van der Waals surface area contributed by atoms with E-state index in [1.54, 1.807) is 0 Å². The molecule has 2 N–H and O–H groups in total. The Morgan fingerprint density at radius 3 is 2.67 bits per heavy atom. The molecule has 4 heteroatoms. The first-order valence-electron chi connectivity index (χ1n) is 2.65. The molecular weight excluding hydrogens is 124 g/mol. The van der Waals surface area contributed by atoms with Crippen molar-refractivity contribution in [1.82, 2.24) is 0 Å². The summed E-state index contributed by atoms with van der Waals surface area (Å²) in [5, 5.41) is 16.3. The fourth-order valence-corrected chi connectivity index (χ4v) is 0.355. The van der Waals surface area contributed by atoms with Crippen molar-refractivity contribution in [1.29, 1.82) is 0 Å². The molecule has 0 saturated carbocycles. The van der Waals surface area contributed by atoms with Gasteiger partial charge in [0.25, 0.3) is 0 Å². The van der Waals surface area contributed by atoms with Crippen molar-refractivity contribution in [3.05, 3.63) is 0 Å². The molecule has 0 radical (unpaired) electrons. The quantitative estimate of drug-likeness (QED) is 0.413. The van der Waals surface area contributed by atoms with Crippen LogP contribution in [0.4, 0.5) is 0 Å². The molecule has 0 aliphatic carbocycles. The molecule has 0 bridgehead atoms. The fourth-order valence-electron chi connectivity index (χ4n) is 0.355. The summed E-state index contributed by atoms with van der Waals surface area (Å²) in [7, 11) is 0. The highest BCUT2D eigenvalue weighted by Gasteiger charge is 2.07. The highest BCUT2D eigenvalue weighted by molar-refractivity contribution is 5.82. The maximum atomic E-state index is 10.5. The number of aliphatic hydroxyl groups excluding tert-OH is 1. The number of aliphatic hydroxyl groups is 1. The first-order chi connectivity index (χ1) is 4.18. The highest BCUT2D eigenvalue weighted by atomic mass is 17.1. The largest absolute Gasteiger partial charge is 0.386 e. The average molecular weight is 134 g/mol. The number of hydrogen-bond donors (Lipinski definition) is 2. The van der Waals surface area contributed by atoms with Gasteiger partial charge in [-0.1, -0.05) is 0 Å². The van der Waals surface area contributed by atoms with Crippen molar-refractivity contribution in [3.8, 4) is 0 Å². The van der Waals surface area contributed by atoms with Crippen LogP contribution in [0.5, 0.6) is 0 Å². The van der Waals surface area contributed by atoms with Crippen LogP contribution in [0, 0.1) is 0 Å². The maximum Gasteiger partial charge on any atom is 0.163 e. The number of ketones is 1. The minimum absolute atomic E-state index is 0.0498. The predicted molar refractivity (Wildman–Crippen MR) is 29.9 cm³/mol. The molecule has 0 aromatic carbocycles. The van der Waals surface area contributed by atoms with Crippen molar-refractivity contribution in [3.63, 3.8) is 0 Å². The van der Waals surface area contributed by atoms with E-state index in [9.17, 15) is 4.79 Å². The zero-order chi connectivity index (χ0) is 7.28. The summed E-state index contributed by atoms with van der Waals surface area (Å²) in [5.41, 5.74) is 0. The summed E-state index contributed by atoms with van der Waals surface area (Å²) < 4.78 is 0. The third-order valence-electron chi connectivity index (χ3n) is 0.906. The Balaban J connectivity index is 3.28. The second-order valence-electron chi connectivity index (χ2n) is 1.73. The van der Waals surface area contributed by atoms with Gasteiger partial charge < -0.3 is 5.11 Å². The van der Waals surface area contributed by atoms with Crippen LogP contribution in [0.3, 0.4) is 0 Å². The van der Waals surface area contributed by atoms with E-state index in [2.05, 4.69) is 4.89 Å². The van der Waals surface area contributed by atoms with Crippen LogP contribution in [0.2, 0.25) is 0 Å². The normalized spacial score (nSPS) is 13.2. The predicted octanol–water partition coefficient (Wildman–Crippen LogP) is -0.184. The molecule has 0 fully saturated rings. The lowest BCUT2D eigenvalue weighted by molar-refractivity contribution is -0.242. The number of carbonyl (C=O) groups is 1. The van der Waals surface area contributed by atoms with Crippen molar-refractivity contribution >= 4 is 5.78 Å². The molecule has 0 amide bonds. The lowest BCUT2D eigenvalue weighted by Crippen LogP contribution is -2.17. The molecule has 0 spiro atoms. The van der Waals surface area contributed by atoms with Crippen LogP contribution in [-0.2, 0) is 9.68 Å². The van der Waals surface area contributed by atoms with E-state index in [1.807, 2.05) is 0 Å². The first-order valence-corrected chi connectivity index (χ1v) is 2.65. The van der Waals surface area contributed by atoms with Crippen LogP contribution in [0.1, 0.15) is 13.3 Å². The molecule has 54 valence electrons. The van der Waals surface area contributed by atoms with Gasteiger partial charge in [0.15, 0.2) is 5.78 Å². The topological polar surface area (TPSA) is 66.8 Å². The third kappa shape index (κ3) is 4.08. The third-order valence-corrected chi connectivity index (χ3v) is 0.906. The van der Waals surface area contributed by atoms with E-state index >= 15 is 0 Å². The van der Waals surface area contributed by atoms with Gasteiger partial charge in [-0.3, -0.25) is 10.1 Å². The SMILES string of the molecule is CC(O)C(=O)CCOO. The lowest BCUT2D eigenvalue weighted by atomic mass is 10.2. The molecule has 0 aliphatic rings. The average Bonchev–Trinajstić information content (AvgIpc) is 1.82. The molecule has 0 heterocycles. The Morgan fingerprint density at radius 1 is 1.78 bits per heavy atom. The number of rotatable bonds is 4. The molecule has 1 unspecified atom stereocenters. The van der Waals surface area contributed by atoms with Crippen LogP contribution >= 0.6 is 0 Å². The maximum absolute atomic E-state index is 10.5. The Labute approximate surface area is 53.0 Å². The number of Topliss-reactive ketones (excluding diaryl/α,β-unsaturated/α-hetero) is 1. The van der Waals surface area contributed by atoms with Gasteiger partial charge in [0.05, 0.1) is 6.61 Å². The Morgan fingerprint density at radius 2 is 2.33 bits per heavy atom. The summed E-state index contributed by atoms with van der Waals surface area (Å²) in [5.74, 6) is -0.330. The van der Waals surface area contributed by atoms with Crippen LogP contribution in [0.15, 0.2) is 0 Å². The molecule has 0 rings (SSSR count). The molecular formula is C5H10O4. The minimum atomic E-state index is -0.958. The summed E-state index contributed by atoms with van der Waals surface area (Å²) in [6, 6.07) is 0. The summed E-state index contributed by atoms with van der Waals surface area (Å²) in [6.07, 6.45) is -0.908. The Kier molecular flexibility index (Phi) is 4.21. The van der Waals surface area contributed by atoms with Crippen LogP contribution < -0.4 is 0 Å². The van der Waals surface area contributed by atoms with Gasteiger partial charge in [0.1, 0.15) is 6.10 Å². The van der Waals surface area contributed by atoms with Gasteiger partial charge in [-0.15, -0.1) is 0 Å². The minimum Gasteiger partial charge on any atom is -0.386 e. The van der Waals surface area contributed by atoms with Crippen LogP contribution in [0.25, 0.3) is 0 Å². The van der Waals surface area contributed by atoms with Crippen molar-refractivity contribution in [2.75, 3.05) is 6.61 Å².